The molecule has 4 rings (SSSR count). The van der Waals surface area contributed by atoms with Crippen LogP contribution in [0.2, 0.25) is 0 Å². The predicted molar refractivity (Wildman–Crippen MR) is 121 cm³/mol. The molecule has 0 atom stereocenters. The van der Waals surface area contributed by atoms with Gasteiger partial charge in [0.1, 0.15) is 0 Å². The van der Waals surface area contributed by atoms with Crippen LogP contribution in [0, 0.1) is 5.92 Å². The van der Waals surface area contributed by atoms with Crippen molar-refractivity contribution in [3.63, 3.8) is 0 Å². The van der Waals surface area contributed by atoms with Crippen molar-refractivity contribution >= 4 is 22.4 Å². The highest BCUT2D eigenvalue weighted by Gasteiger charge is 2.19. The number of nitrogens with one attached hydrogen (secondary N) is 1. The maximum absolute atomic E-state index is 13.1. The van der Waals surface area contributed by atoms with Crippen molar-refractivity contribution in [1.82, 2.24) is 10.2 Å². The quantitative estimate of drug-likeness (QED) is 0.788. The van der Waals surface area contributed by atoms with Gasteiger partial charge in [-0.1, -0.05) is 43.5 Å². The lowest BCUT2D eigenvalue weighted by Crippen LogP contribution is -2.35. The lowest BCUT2D eigenvalue weighted by Gasteiger charge is -2.31. The summed E-state index contributed by atoms with van der Waals surface area (Å²) in [4.78, 5) is 17.5. The molecular formula is C25H31N3O. The van der Waals surface area contributed by atoms with E-state index in [4.69, 9.17) is 0 Å². The summed E-state index contributed by atoms with van der Waals surface area (Å²) in [6, 6.07) is 12.1. The zero-order valence-electron chi connectivity index (χ0n) is 17.5. The standard InChI is InChI=1S/C25H31N3O/c1-27(2)24-15-7-12-21-22(24)13-6-14-23(21)25(29)26-20-11-8-16-28(18-20)17-19-9-4-3-5-10-19/h6-8,11-16,19H,3-5,9-10,17-18H2,1-2H3,(H,26,29). The van der Waals surface area contributed by atoms with Gasteiger partial charge < -0.3 is 15.1 Å². The van der Waals surface area contributed by atoms with Crippen LogP contribution in [0.3, 0.4) is 0 Å². The lowest BCUT2D eigenvalue weighted by molar-refractivity contribution is 0.0964. The van der Waals surface area contributed by atoms with Crippen molar-refractivity contribution in [3.8, 4) is 0 Å². The molecule has 0 bridgehead atoms. The average molecular weight is 390 g/mol. The number of rotatable bonds is 5. The van der Waals surface area contributed by atoms with Crippen molar-refractivity contribution in [1.29, 1.82) is 0 Å². The van der Waals surface area contributed by atoms with Gasteiger partial charge in [0.05, 0.1) is 6.54 Å². The van der Waals surface area contributed by atoms with Gasteiger partial charge in [0, 0.05) is 43.0 Å². The Bertz CT molecular complexity index is 938. The van der Waals surface area contributed by atoms with Gasteiger partial charge in [0.25, 0.3) is 5.91 Å². The largest absolute Gasteiger partial charge is 0.377 e. The Hall–Kier alpha value is -2.75. The topological polar surface area (TPSA) is 35.6 Å². The number of carbonyl (C=O) groups excluding carboxylic acids is 1. The Morgan fingerprint density at radius 3 is 2.62 bits per heavy atom. The van der Waals surface area contributed by atoms with E-state index >= 15 is 0 Å². The van der Waals surface area contributed by atoms with E-state index < -0.39 is 0 Å². The van der Waals surface area contributed by atoms with E-state index in [1.807, 2.05) is 44.4 Å². The Morgan fingerprint density at radius 1 is 1.07 bits per heavy atom. The fourth-order valence-electron chi connectivity index (χ4n) is 4.61. The molecule has 1 N–H and O–H groups in total. The zero-order valence-corrected chi connectivity index (χ0v) is 17.5. The summed E-state index contributed by atoms with van der Waals surface area (Å²) in [5.41, 5.74) is 2.81. The van der Waals surface area contributed by atoms with Crippen LogP contribution < -0.4 is 10.2 Å². The van der Waals surface area contributed by atoms with E-state index in [9.17, 15) is 4.79 Å². The van der Waals surface area contributed by atoms with Crippen LogP contribution in [0.4, 0.5) is 5.69 Å². The van der Waals surface area contributed by atoms with Crippen molar-refractivity contribution in [2.45, 2.75) is 32.1 Å². The van der Waals surface area contributed by atoms with Crippen LogP contribution >= 0.6 is 0 Å². The van der Waals surface area contributed by atoms with Gasteiger partial charge in [0.15, 0.2) is 0 Å². The molecule has 4 nitrogen and oxygen atoms in total. The molecule has 0 spiro atoms. The second kappa shape index (κ2) is 8.73. The molecule has 1 fully saturated rings. The van der Waals surface area contributed by atoms with E-state index in [-0.39, 0.29) is 5.91 Å². The monoisotopic (exact) mass is 389 g/mol. The van der Waals surface area contributed by atoms with Crippen molar-refractivity contribution in [2.75, 3.05) is 32.1 Å². The molecule has 29 heavy (non-hydrogen) atoms. The molecule has 1 aliphatic heterocycles. The molecule has 4 heteroatoms. The summed E-state index contributed by atoms with van der Waals surface area (Å²) >= 11 is 0. The molecule has 1 saturated carbocycles. The number of benzene rings is 2. The number of hydrogen-bond donors (Lipinski definition) is 1. The van der Waals surface area contributed by atoms with E-state index in [2.05, 4.69) is 39.5 Å². The van der Waals surface area contributed by atoms with E-state index in [1.54, 1.807) is 0 Å². The molecular weight excluding hydrogens is 358 g/mol. The third kappa shape index (κ3) is 4.47. The number of allylic oxidation sites excluding steroid dienone is 2. The first-order valence-electron chi connectivity index (χ1n) is 10.7. The maximum atomic E-state index is 13.1. The van der Waals surface area contributed by atoms with Gasteiger partial charge in [0.2, 0.25) is 0 Å². The number of nitrogens with zero attached hydrogens (tertiary/aromatic N) is 2. The summed E-state index contributed by atoms with van der Waals surface area (Å²) in [7, 11) is 4.06. The molecule has 2 aliphatic rings. The van der Waals surface area contributed by atoms with Gasteiger partial charge in [-0.15, -0.1) is 0 Å². The first-order chi connectivity index (χ1) is 14.1. The second-order valence-electron chi connectivity index (χ2n) is 8.49. The highest BCUT2D eigenvalue weighted by molar-refractivity contribution is 6.10. The molecule has 1 amide bonds. The average Bonchev–Trinajstić information content (AvgIpc) is 2.73. The molecule has 0 saturated heterocycles. The number of anilines is 1. The lowest BCUT2D eigenvalue weighted by atomic mass is 9.89. The van der Waals surface area contributed by atoms with Gasteiger partial charge in [-0.2, -0.15) is 0 Å². The maximum Gasteiger partial charge on any atom is 0.256 e. The zero-order chi connectivity index (χ0) is 20.2. The van der Waals surface area contributed by atoms with Crippen LogP contribution in [-0.4, -0.2) is 38.0 Å². The minimum atomic E-state index is -0.0364. The van der Waals surface area contributed by atoms with Crippen molar-refractivity contribution < 1.29 is 4.79 Å². The normalized spacial score (nSPS) is 17.3. The van der Waals surface area contributed by atoms with Crippen LogP contribution in [0.25, 0.3) is 10.8 Å². The molecule has 152 valence electrons. The third-order valence-corrected chi connectivity index (χ3v) is 6.08. The van der Waals surface area contributed by atoms with E-state index in [1.165, 1.54) is 32.1 Å². The number of fused-ring (bicyclic) bond motifs is 1. The molecule has 0 aromatic heterocycles. The molecule has 1 heterocycles. The van der Waals surface area contributed by atoms with Crippen molar-refractivity contribution in [3.05, 3.63) is 66.0 Å². The third-order valence-electron chi connectivity index (χ3n) is 6.08. The fraction of sp³-hybridized carbons (Fsp3) is 0.400. The molecule has 0 unspecified atom stereocenters. The van der Waals surface area contributed by atoms with E-state index in [0.717, 1.165) is 46.7 Å². The summed E-state index contributed by atoms with van der Waals surface area (Å²) in [5.74, 6) is 0.747. The Kier molecular flexibility index (Phi) is 5.89. The van der Waals surface area contributed by atoms with Gasteiger partial charge in [-0.25, -0.2) is 0 Å². The minimum Gasteiger partial charge on any atom is -0.377 e. The van der Waals surface area contributed by atoms with Gasteiger partial charge in [-0.05, 0) is 54.6 Å². The summed E-state index contributed by atoms with van der Waals surface area (Å²) < 4.78 is 0. The fourth-order valence-corrected chi connectivity index (χ4v) is 4.61. The number of amides is 1. The summed E-state index contributed by atoms with van der Waals surface area (Å²) in [6.07, 6.45) is 13.0. The first-order valence-corrected chi connectivity index (χ1v) is 10.7. The Labute approximate surface area is 173 Å². The minimum absolute atomic E-state index is 0.0364. The van der Waals surface area contributed by atoms with Crippen molar-refractivity contribution in [2.24, 2.45) is 5.92 Å². The van der Waals surface area contributed by atoms with Crippen LogP contribution in [0.15, 0.2) is 60.4 Å². The Balaban J connectivity index is 1.47. The van der Waals surface area contributed by atoms with Gasteiger partial charge in [-0.3, -0.25) is 4.79 Å². The van der Waals surface area contributed by atoms with Crippen LogP contribution in [0.1, 0.15) is 42.5 Å². The SMILES string of the molecule is CN(C)c1cccc2c(C(=O)NC3=CC=CN(CC4CCCCC4)C3)cccc12. The highest BCUT2D eigenvalue weighted by Crippen LogP contribution is 2.28. The molecule has 0 radical (unpaired) electrons. The molecule has 2 aromatic carbocycles. The van der Waals surface area contributed by atoms with Gasteiger partial charge >= 0.3 is 0 Å². The summed E-state index contributed by atoms with van der Waals surface area (Å²) in [5, 5.41) is 5.25. The second-order valence-corrected chi connectivity index (χ2v) is 8.49. The Morgan fingerprint density at radius 2 is 1.83 bits per heavy atom. The highest BCUT2D eigenvalue weighted by atomic mass is 16.1. The number of carbonyl (C=O) groups is 1. The van der Waals surface area contributed by atoms with E-state index in [0.29, 0.717) is 0 Å². The molecule has 2 aromatic rings. The smallest absolute Gasteiger partial charge is 0.256 e. The number of hydrogen-bond acceptors (Lipinski definition) is 3. The predicted octanol–water partition coefficient (Wildman–Crippen LogP) is 4.93. The van der Waals surface area contributed by atoms with Crippen LogP contribution in [-0.2, 0) is 0 Å². The van der Waals surface area contributed by atoms with Crippen LogP contribution in [0.5, 0.6) is 0 Å². The summed E-state index contributed by atoms with van der Waals surface area (Å²) in [6.45, 7) is 1.86. The molecule has 1 aliphatic carbocycles. The first kappa shape index (κ1) is 19.6.